The van der Waals surface area contributed by atoms with Crippen LogP contribution in [0, 0.1) is 17.8 Å². The van der Waals surface area contributed by atoms with E-state index in [-0.39, 0.29) is 30.2 Å². The Kier molecular flexibility index (Phi) is 4.64. The zero-order chi connectivity index (χ0) is 21.8. The van der Waals surface area contributed by atoms with E-state index in [1.165, 1.54) is 6.33 Å². The van der Waals surface area contributed by atoms with Crippen molar-refractivity contribution in [2.75, 3.05) is 13.1 Å². The van der Waals surface area contributed by atoms with Crippen LogP contribution in [-0.2, 0) is 11.3 Å². The number of Topliss-reactive ketones (excluding diaryl/α,β-unsaturated/α-hetero) is 1. The Morgan fingerprint density at radius 1 is 1.09 bits per heavy atom. The number of rotatable bonds is 5. The van der Waals surface area contributed by atoms with Crippen LogP contribution in [0.3, 0.4) is 0 Å². The molecule has 3 fully saturated rings. The van der Waals surface area contributed by atoms with Crippen LogP contribution in [0.5, 0.6) is 0 Å². The average Bonchev–Trinajstić information content (AvgIpc) is 3.19. The number of aliphatic hydroxyl groups is 1. The van der Waals surface area contributed by atoms with Gasteiger partial charge in [0.2, 0.25) is 5.91 Å². The van der Waals surface area contributed by atoms with Crippen molar-refractivity contribution in [2.24, 2.45) is 17.8 Å². The fourth-order valence-electron chi connectivity index (χ4n) is 5.67. The van der Waals surface area contributed by atoms with Crippen molar-refractivity contribution in [3.05, 3.63) is 48.7 Å². The van der Waals surface area contributed by atoms with Gasteiger partial charge in [-0.3, -0.25) is 9.59 Å². The quantitative estimate of drug-likeness (QED) is 0.623. The summed E-state index contributed by atoms with van der Waals surface area (Å²) >= 11 is 0. The van der Waals surface area contributed by atoms with Crippen molar-refractivity contribution in [1.82, 2.24) is 24.2 Å². The highest BCUT2D eigenvalue weighted by Gasteiger charge is 2.44. The Balaban J connectivity index is 1.19. The standard InChI is InChI=1S/C24H27N5O3/c30-22-8-17-10-28(9-16(17)7-21(22)29-14-25-13-26-29)23(31)12-27-11-19(24(32)15-5-6-15)18-3-1-2-4-20(18)27/h1-4,11,13-17,21-22,30H,5-10,12H2/t16-,17+,21-,22-/m1/s1. The molecule has 32 heavy (non-hydrogen) atoms. The number of ketones is 1. The van der Waals surface area contributed by atoms with E-state index < -0.39 is 6.10 Å². The number of benzene rings is 1. The molecule has 1 aromatic carbocycles. The fraction of sp³-hybridized carbons (Fsp3) is 0.500. The van der Waals surface area contributed by atoms with Gasteiger partial charge in [-0.25, -0.2) is 9.67 Å². The van der Waals surface area contributed by atoms with Crippen LogP contribution in [0.25, 0.3) is 10.9 Å². The summed E-state index contributed by atoms with van der Waals surface area (Å²) < 4.78 is 3.68. The maximum absolute atomic E-state index is 13.2. The van der Waals surface area contributed by atoms with Gasteiger partial charge in [0, 0.05) is 41.7 Å². The van der Waals surface area contributed by atoms with Crippen molar-refractivity contribution < 1.29 is 14.7 Å². The van der Waals surface area contributed by atoms with Crippen LogP contribution >= 0.6 is 0 Å². The van der Waals surface area contributed by atoms with Gasteiger partial charge < -0.3 is 14.6 Å². The molecule has 2 aromatic heterocycles. The van der Waals surface area contributed by atoms with Gasteiger partial charge in [0.15, 0.2) is 5.78 Å². The number of carbonyl (C=O) groups is 2. The molecule has 2 saturated carbocycles. The van der Waals surface area contributed by atoms with E-state index in [0.717, 1.165) is 35.7 Å². The van der Waals surface area contributed by atoms with Gasteiger partial charge in [-0.2, -0.15) is 5.10 Å². The molecule has 0 spiro atoms. The summed E-state index contributed by atoms with van der Waals surface area (Å²) in [6, 6.07) is 7.76. The Morgan fingerprint density at radius 3 is 2.62 bits per heavy atom. The van der Waals surface area contributed by atoms with E-state index in [4.69, 9.17) is 0 Å². The third kappa shape index (κ3) is 3.33. The summed E-state index contributed by atoms with van der Waals surface area (Å²) in [6.45, 7) is 1.61. The van der Waals surface area contributed by atoms with Gasteiger partial charge in [0.25, 0.3) is 0 Å². The molecule has 8 heteroatoms. The molecule has 0 radical (unpaired) electrons. The van der Waals surface area contributed by atoms with Crippen molar-refractivity contribution in [2.45, 2.75) is 44.4 Å². The van der Waals surface area contributed by atoms with E-state index in [2.05, 4.69) is 10.1 Å². The summed E-state index contributed by atoms with van der Waals surface area (Å²) in [7, 11) is 0. The first-order valence-corrected chi connectivity index (χ1v) is 11.5. The van der Waals surface area contributed by atoms with Gasteiger partial charge in [-0.05, 0) is 43.6 Å². The molecular formula is C24H27N5O3. The molecule has 3 aromatic rings. The molecule has 6 rings (SSSR count). The molecule has 1 N–H and O–H groups in total. The summed E-state index contributed by atoms with van der Waals surface area (Å²) in [6.07, 6.45) is 7.95. The molecule has 166 valence electrons. The lowest BCUT2D eigenvalue weighted by Crippen LogP contribution is -2.36. The molecule has 0 unspecified atom stereocenters. The van der Waals surface area contributed by atoms with E-state index >= 15 is 0 Å². The summed E-state index contributed by atoms with van der Waals surface area (Å²) in [5, 5.41) is 15.8. The number of hydrogen-bond donors (Lipinski definition) is 1. The molecule has 3 aliphatic rings. The first-order chi connectivity index (χ1) is 15.6. The maximum atomic E-state index is 13.2. The van der Waals surface area contributed by atoms with Crippen molar-refractivity contribution >= 4 is 22.6 Å². The lowest BCUT2D eigenvalue weighted by atomic mass is 9.77. The Labute approximate surface area is 185 Å². The number of nitrogens with zero attached hydrogens (tertiary/aromatic N) is 5. The number of carbonyl (C=O) groups excluding carboxylic acids is 2. The second-order valence-electron chi connectivity index (χ2n) is 9.63. The first-order valence-electron chi connectivity index (χ1n) is 11.5. The van der Waals surface area contributed by atoms with Crippen LogP contribution < -0.4 is 0 Å². The van der Waals surface area contributed by atoms with Gasteiger partial charge in [0.05, 0.1) is 12.1 Å². The number of fused-ring (bicyclic) bond motifs is 2. The molecule has 1 aliphatic heterocycles. The van der Waals surface area contributed by atoms with Crippen molar-refractivity contribution in [3.63, 3.8) is 0 Å². The highest BCUT2D eigenvalue weighted by molar-refractivity contribution is 6.10. The lowest BCUT2D eigenvalue weighted by Gasteiger charge is -2.34. The van der Waals surface area contributed by atoms with Crippen LogP contribution in [0.4, 0.5) is 0 Å². The van der Waals surface area contributed by atoms with Crippen molar-refractivity contribution in [1.29, 1.82) is 0 Å². The minimum absolute atomic E-state index is 0.0670. The molecule has 4 atom stereocenters. The summed E-state index contributed by atoms with van der Waals surface area (Å²) in [5.41, 5.74) is 1.67. The molecular weight excluding hydrogens is 406 g/mol. The molecule has 2 aliphatic carbocycles. The zero-order valence-electron chi connectivity index (χ0n) is 17.9. The third-order valence-electron chi connectivity index (χ3n) is 7.55. The van der Waals surface area contributed by atoms with Gasteiger partial charge in [-0.15, -0.1) is 0 Å². The smallest absolute Gasteiger partial charge is 0.242 e. The van der Waals surface area contributed by atoms with Crippen molar-refractivity contribution in [3.8, 4) is 0 Å². The topological polar surface area (TPSA) is 93.3 Å². The van der Waals surface area contributed by atoms with Crippen LogP contribution in [-0.4, -0.2) is 60.2 Å². The Bertz CT molecular complexity index is 1170. The van der Waals surface area contributed by atoms with Gasteiger partial charge in [-0.1, -0.05) is 18.2 Å². The van der Waals surface area contributed by atoms with E-state index in [1.54, 1.807) is 11.0 Å². The number of likely N-dealkylation sites (tertiary alicyclic amines) is 1. The van der Waals surface area contributed by atoms with Crippen LogP contribution in [0.1, 0.15) is 42.1 Å². The Morgan fingerprint density at radius 2 is 1.88 bits per heavy atom. The molecule has 8 nitrogen and oxygen atoms in total. The number of para-hydroxylation sites is 1. The predicted molar refractivity (Wildman–Crippen MR) is 117 cm³/mol. The van der Waals surface area contributed by atoms with E-state index in [9.17, 15) is 14.7 Å². The largest absolute Gasteiger partial charge is 0.391 e. The fourth-order valence-corrected chi connectivity index (χ4v) is 5.67. The lowest BCUT2D eigenvalue weighted by molar-refractivity contribution is -0.130. The SMILES string of the molecule is O=C(c1cn(CC(=O)N2C[C@H]3C[C@@H](n4cncn4)[C@H](O)C[C@H]3C2)c2ccccc12)C1CC1. The zero-order valence-corrected chi connectivity index (χ0v) is 17.9. The van der Waals surface area contributed by atoms with E-state index in [1.807, 2.05) is 39.9 Å². The molecule has 1 amide bonds. The third-order valence-corrected chi connectivity index (χ3v) is 7.55. The number of aliphatic hydroxyl groups excluding tert-OH is 1. The summed E-state index contributed by atoms with van der Waals surface area (Å²) in [4.78, 5) is 32.0. The second kappa shape index (κ2) is 7.55. The molecule has 0 bridgehead atoms. The number of aromatic nitrogens is 4. The van der Waals surface area contributed by atoms with Crippen LogP contribution in [0.15, 0.2) is 43.1 Å². The highest BCUT2D eigenvalue weighted by Crippen LogP contribution is 2.41. The average molecular weight is 434 g/mol. The first kappa shape index (κ1) is 19.7. The number of hydrogen-bond acceptors (Lipinski definition) is 5. The minimum Gasteiger partial charge on any atom is -0.391 e. The van der Waals surface area contributed by atoms with Gasteiger partial charge in [0.1, 0.15) is 19.2 Å². The highest BCUT2D eigenvalue weighted by atomic mass is 16.3. The van der Waals surface area contributed by atoms with E-state index in [0.29, 0.717) is 31.3 Å². The number of amides is 1. The molecule has 1 saturated heterocycles. The molecule has 3 heterocycles. The summed E-state index contributed by atoms with van der Waals surface area (Å²) in [5.74, 6) is 1.08. The van der Waals surface area contributed by atoms with Crippen LogP contribution in [0.2, 0.25) is 0 Å². The normalized spacial score (nSPS) is 27.6. The maximum Gasteiger partial charge on any atom is 0.242 e. The Hall–Kier alpha value is -3.00. The van der Waals surface area contributed by atoms with Gasteiger partial charge >= 0.3 is 0 Å². The second-order valence-corrected chi connectivity index (χ2v) is 9.63. The predicted octanol–water partition coefficient (Wildman–Crippen LogP) is 2.30. The minimum atomic E-state index is -0.475. The monoisotopic (exact) mass is 433 g/mol.